The number of aryl methyl sites for hydroxylation is 1. The van der Waals surface area contributed by atoms with Crippen LogP contribution in [0.15, 0.2) is 53.1 Å². The Labute approximate surface area is 160 Å². The van der Waals surface area contributed by atoms with E-state index in [2.05, 4.69) is 15.5 Å². The van der Waals surface area contributed by atoms with Crippen LogP contribution >= 0.6 is 11.6 Å². The monoisotopic (exact) mass is 385 g/mol. The first kappa shape index (κ1) is 18.6. The van der Waals surface area contributed by atoms with Crippen molar-refractivity contribution in [1.29, 1.82) is 0 Å². The number of amides is 1. The van der Waals surface area contributed by atoms with Crippen LogP contribution in [-0.4, -0.2) is 28.6 Å². The molecule has 1 amide bonds. The van der Waals surface area contributed by atoms with E-state index in [1.54, 1.807) is 36.4 Å². The van der Waals surface area contributed by atoms with E-state index in [-0.39, 0.29) is 24.9 Å². The SMILES string of the molecule is Cc1ccccc1C(=O)NCC(=O)OCc1nc(-c2ccc(Cl)cc2)no1. The van der Waals surface area contributed by atoms with Crippen LogP contribution in [0.1, 0.15) is 21.8 Å². The van der Waals surface area contributed by atoms with E-state index >= 15 is 0 Å². The van der Waals surface area contributed by atoms with Crippen molar-refractivity contribution >= 4 is 23.5 Å². The highest BCUT2D eigenvalue weighted by molar-refractivity contribution is 6.30. The number of hydrogen-bond donors (Lipinski definition) is 1. The van der Waals surface area contributed by atoms with Gasteiger partial charge in [0.2, 0.25) is 5.82 Å². The Kier molecular flexibility index (Phi) is 5.83. The molecule has 27 heavy (non-hydrogen) atoms. The van der Waals surface area contributed by atoms with Gasteiger partial charge in [0.05, 0.1) is 0 Å². The summed E-state index contributed by atoms with van der Waals surface area (Å²) in [5.41, 5.74) is 2.06. The summed E-state index contributed by atoms with van der Waals surface area (Å²) in [4.78, 5) is 28.0. The first-order valence-electron chi connectivity index (χ1n) is 8.11. The smallest absolute Gasteiger partial charge is 0.325 e. The molecule has 1 N–H and O–H groups in total. The van der Waals surface area contributed by atoms with Gasteiger partial charge in [0.15, 0.2) is 6.61 Å². The number of nitrogens with zero attached hydrogens (tertiary/aromatic N) is 2. The molecule has 0 aliphatic heterocycles. The molecule has 1 aromatic heterocycles. The third-order valence-corrected chi connectivity index (χ3v) is 3.96. The van der Waals surface area contributed by atoms with E-state index in [0.717, 1.165) is 11.1 Å². The number of carbonyl (C=O) groups excluding carboxylic acids is 2. The zero-order chi connectivity index (χ0) is 19.2. The number of hydrogen-bond acceptors (Lipinski definition) is 6. The summed E-state index contributed by atoms with van der Waals surface area (Å²) >= 11 is 5.84. The van der Waals surface area contributed by atoms with Crippen LogP contribution < -0.4 is 5.32 Å². The summed E-state index contributed by atoms with van der Waals surface area (Å²) in [6.07, 6.45) is 0. The Morgan fingerprint density at radius 2 is 1.89 bits per heavy atom. The van der Waals surface area contributed by atoms with E-state index in [1.807, 2.05) is 19.1 Å². The number of nitrogens with one attached hydrogen (secondary N) is 1. The lowest BCUT2D eigenvalue weighted by atomic mass is 10.1. The van der Waals surface area contributed by atoms with E-state index < -0.39 is 5.97 Å². The maximum Gasteiger partial charge on any atom is 0.325 e. The standard InChI is InChI=1S/C19H16ClN3O4/c1-12-4-2-3-5-15(12)19(25)21-10-17(24)26-11-16-22-18(23-27-16)13-6-8-14(20)9-7-13/h2-9H,10-11H2,1H3,(H,21,25). The topological polar surface area (TPSA) is 94.3 Å². The second-order valence-electron chi connectivity index (χ2n) is 5.68. The zero-order valence-corrected chi connectivity index (χ0v) is 15.2. The normalized spacial score (nSPS) is 10.4. The molecule has 3 aromatic rings. The van der Waals surface area contributed by atoms with Crippen molar-refractivity contribution in [3.05, 3.63) is 70.6 Å². The lowest BCUT2D eigenvalue weighted by Gasteiger charge is -2.07. The highest BCUT2D eigenvalue weighted by Crippen LogP contribution is 2.18. The molecule has 0 unspecified atom stereocenters. The van der Waals surface area contributed by atoms with Crippen LogP contribution in [-0.2, 0) is 16.1 Å². The van der Waals surface area contributed by atoms with Gasteiger partial charge in [-0.15, -0.1) is 0 Å². The fourth-order valence-corrected chi connectivity index (χ4v) is 2.42. The summed E-state index contributed by atoms with van der Waals surface area (Å²) in [5, 5.41) is 6.95. The first-order chi connectivity index (χ1) is 13.0. The summed E-state index contributed by atoms with van der Waals surface area (Å²) in [6, 6.07) is 14.0. The number of rotatable bonds is 6. The fraction of sp³-hybridized carbons (Fsp3) is 0.158. The third-order valence-electron chi connectivity index (χ3n) is 3.71. The van der Waals surface area contributed by atoms with Gasteiger partial charge in [0.25, 0.3) is 11.8 Å². The summed E-state index contributed by atoms with van der Waals surface area (Å²) in [5.74, 6) is -0.430. The molecule has 1 heterocycles. The molecule has 0 bridgehead atoms. The van der Waals surface area contributed by atoms with Gasteiger partial charge in [0.1, 0.15) is 6.54 Å². The predicted octanol–water partition coefficient (Wildman–Crippen LogP) is 3.17. The zero-order valence-electron chi connectivity index (χ0n) is 14.4. The second-order valence-corrected chi connectivity index (χ2v) is 6.11. The van der Waals surface area contributed by atoms with Gasteiger partial charge in [0, 0.05) is 16.1 Å². The minimum atomic E-state index is -0.608. The molecule has 0 saturated heterocycles. The Balaban J connectivity index is 1.49. The van der Waals surface area contributed by atoms with E-state index in [4.69, 9.17) is 20.9 Å². The molecule has 8 heteroatoms. The largest absolute Gasteiger partial charge is 0.454 e. The van der Waals surface area contributed by atoms with Crippen molar-refractivity contribution in [1.82, 2.24) is 15.5 Å². The van der Waals surface area contributed by atoms with Crippen LogP contribution in [0, 0.1) is 6.92 Å². The molecular weight excluding hydrogens is 370 g/mol. The van der Waals surface area contributed by atoms with Crippen LogP contribution in [0.4, 0.5) is 0 Å². The lowest BCUT2D eigenvalue weighted by molar-refractivity contribution is -0.144. The molecular formula is C19H16ClN3O4. The predicted molar refractivity (Wildman–Crippen MR) is 98.1 cm³/mol. The number of ether oxygens (including phenoxy) is 1. The quantitative estimate of drug-likeness (QED) is 0.655. The van der Waals surface area contributed by atoms with Crippen molar-refractivity contribution in [2.45, 2.75) is 13.5 Å². The van der Waals surface area contributed by atoms with Crippen molar-refractivity contribution in [3.63, 3.8) is 0 Å². The van der Waals surface area contributed by atoms with Crippen molar-refractivity contribution in [3.8, 4) is 11.4 Å². The van der Waals surface area contributed by atoms with Crippen molar-refractivity contribution in [2.75, 3.05) is 6.54 Å². The molecule has 0 spiro atoms. The van der Waals surface area contributed by atoms with E-state index in [1.165, 1.54) is 0 Å². The Morgan fingerprint density at radius 3 is 2.63 bits per heavy atom. The van der Waals surface area contributed by atoms with Gasteiger partial charge in [-0.1, -0.05) is 35.0 Å². The van der Waals surface area contributed by atoms with E-state index in [0.29, 0.717) is 16.4 Å². The molecule has 2 aromatic carbocycles. The first-order valence-corrected chi connectivity index (χ1v) is 8.48. The molecule has 138 valence electrons. The van der Waals surface area contributed by atoms with Gasteiger partial charge >= 0.3 is 5.97 Å². The highest BCUT2D eigenvalue weighted by Gasteiger charge is 2.13. The number of halogens is 1. The maximum atomic E-state index is 12.1. The van der Waals surface area contributed by atoms with Gasteiger partial charge in [-0.05, 0) is 42.8 Å². The van der Waals surface area contributed by atoms with Crippen LogP contribution in [0.25, 0.3) is 11.4 Å². The Bertz CT molecular complexity index is 954. The third kappa shape index (κ3) is 4.92. The molecule has 0 fully saturated rings. The van der Waals surface area contributed by atoms with Crippen molar-refractivity contribution < 1.29 is 18.8 Å². The minimum Gasteiger partial charge on any atom is -0.454 e. The Hall–Kier alpha value is -3.19. The number of esters is 1. The Morgan fingerprint density at radius 1 is 1.15 bits per heavy atom. The molecule has 7 nitrogen and oxygen atoms in total. The van der Waals surface area contributed by atoms with E-state index in [9.17, 15) is 9.59 Å². The van der Waals surface area contributed by atoms with Crippen LogP contribution in [0.3, 0.4) is 0 Å². The number of aromatic nitrogens is 2. The lowest BCUT2D eigenvalue weighted by Crippen LogP contribution is -2.31. The van der Waals surface area contributed by atoms with Crippen molar-refractivity contribution in [2.24, 2.45) is 0 Å². The minimum absolute atomic E-state index is 0.151. The maximum absolute atomic E-state index is 12.1. The molecule has 0 atom stereocenters. The fourth-order valence-electron chi connectivity index (χ4n) is 2.30. The highest BCUT2D eigenvalue weighted by atomic mass is 35.5. The van der Waals surface area contributed by atoms with Crippen LogP contribution in [0.5, 0.6) is 0 Å². The summed E-state index contributed by atoms with van der Waals surface area (Å²) < 4.78 is 10.1. The second kappa shape index (κ2) is 8.46. The molecule has 3 rings (SSSR count). The average molecular weight is 386 g/mol. The van der Waals surface area contributed by atoms with Gasteiger partial charge in [-0.2, -0.15) is 4.98 Å². The van der Waals surface area contributed by atoms with Gasteiger partial charge < -0.3 is 14.6 Å². The summed E-state index contributed by atoms with van der Waals surface area (Å²) in [6.45, 7) is 1.38. The number of benzene rings is 2. The van der Waals surface area contributed by atoms with Gasteiger partial charge in [-0.25, -0.2) is 0 Å². The average Bonchev–Trinajstić information content (AvgIpc) is 3.14. The van der Waals surface area contributed by atoms with Gasteiger partial charge in [-0.3, -0.25) is 9.59 Å². The van der Waals surface area contributed by atoms with Crippen LogP contribution in [0.2, 0.25) is 5.02 Å². The molecule has 0 radical (unpaired) electrons. The number of carbonyl (C=O) groups is 2. The molecule has 0 saturated carbocycles. The summed E-state index contributed by atoms with van der Waals surface area (Å²) in [7, 11) is 0. The molecule has 0 aliphatic carbocycles. The molecule has 0 aliphatic rings.